The molecule has 1 fully saturated rings. The fourth-order valence-corrected chi connectivity index (χ4v) is 2.04. The van der Waals surface area contributed by atoms with E-state index in [1.807, 2.05) is 12.1 Å². The summed E-state index contributed by atoms with van der Waals surface area (Å²) in [4.78, 5) is 13.0. The molecule has 1 aliphatic heterocycles. The minimum absolute atomic E-state index is 0.0123. The SMILES string of the molecule is CC(=O)NCCC#Cc1ccc(N2CCOCC2)cc1. The first kappa shape index (κ1) is 14.4. The zero-order valence-corrected chi connectivity index (χ0v) is 11.8. The van der Waals surface area contributed by atoms with E-state index in [4.69, 9.17) is 4.74 Å². The summed E-state index contributed by atoms with van der Waals surface area (Å²) in [6, 6.07) is 8.28. The van der Waals surface area contributed by atoms with E-state index in [-0.39, 0.29) is 5.91 Å². The van der Waals surface area contributed by atoms with Gasteiger partial charge in [0.2, 0.25) is 5.91 Å². The zero-order chi connectivity index (χ0) is 14.2. The minimum Gasteiger partial charge on any atom is -0.378 e. The molecule has 0 unspecified atom stereocenters. The summed E-state index contributed by atoms with van der Waals surface area (Å²) in [5.41, 5.74) is 2.22. The molecule has 2 rings (SSSR count). The molecule has 1 N–H and O–H groups in total. The van der Waals surface area contributed by atoms with Crippen molar-refractivity contribution in [2.45, 2.75) is 13.3 Å². The van der Waals surface area contributed by atoms with Gasteiger partial charge in [-0.05, 0) is 24.3 Å². The summed E-state index contributed by atoms with van der Waals surface area (Å²) in [5, 5.41) is 2.72. The van der Waals surface area contributed by atoms with Crippen LogP contribution in [0.4, 0.5) is 5.69 Å². The number of benzene rings is 1. The molecule has 0 atom stereocenters. The molecule has 1 aromatic carbocycles. The zero-order valence-electron chi connectivity index (χ0n) is 11.8. The Morgan fingerprint density at radius 1 is 1.30 bits per heavy atom. The van der Waals surface area contributed by atoms with Gasteiger partial charge in [-0.25, -0.2) is 0 Å². The molecular weight excluding hydrogens is 252 g/mol. The van der Waals surface area contributed by atoms with Crippen molar-refractivity contribution in [3.05, 3.63) is 29.8 Å². The van der Waals surface area contributed by atoms with E-state index in [1.54, 1.807) is 0 Å². The molecule has 1 heterocycles. The highest BCUT2D eigenvalue weighted by Crippen LogP contribution is 2.16. The van der Waals surface area contributed by atoms with Crippen molar-refractivity contribution in [1.82, 2.24) is 5.32 Å². The Bertz CT molecular complexity index is 493. The third kappa shape index (κ3) is 4.60. The molecular formula is C16H20N2O2. The van der Waals surface area contributed by atoms with Crippen LogP contribution >= 0.6 is 0 Å². The number of hydrogen-bond donors (Lipinski definition) is 1. The fraction of sp³-hybridized carbons (Fsp3) is 0.438. The van der Waals surface area contributed by atoms with Gasteiger partial charge in [-0.3, -0.25) is 4.79 Å². The first-order chi connectivity index (χ1) is 9.75. The number of carbonyl (C=O) groups is 1. The normalized spacial score (nSPS) is 14.3. The first-order valence-corrected chi connectivity index (χ1v) is 6.92. The average Bonchev–Trinajstić information content (AvgIpc) is 2.48. The molecule has 0 spiro atoms. The molecule has 0 bridgehead atoms. The van der Waals surface area contributed by atoms with Crippen molar-refractivity contribution in [1.29, 1.82) is 0 Å². The molecule has 4 nitrogen and oxygen atoms in total. The third-order valence-electron chi connectivity index (χ3n) is 3.10. The second kappa shape index (κ2) is 7.56. The number of ether oxygens (including phenoxy) is 1. The first-order valence-electron chi connectivity index (χ1n) is 6.92. The van der Waals surface area contributed by atoms with E-state index < -0.39 is 0 Å². The molecule has 1 saturated heterocycles. The highest BCUT2D eigenvalue weighted by Gasteiger charge is 2.10. The molecule has 106 valence electrons. The lowest BCUT2D eigenvalue weighted by Crippen LogP contribution is -2.36. The van der Waals surface area contributed by atoms with Crippen molar-refractivity contribution >= 4 is 11.6 Å². The van der Waals surface area contributed by atoms with Crippen LogP contribution in [0.2, 0.25) is 0 Å². The predicted octanol–water partition coefficient (Wildman–Crippen LogP) is 1.40. The molecule has 0 radical (unpaired) electrons. The summed E-state index contributed by atoms with van der Waals surface area (Å²) in [7, 11) is 0. The molecule has 1 aliphatic rings. The van der Waals surface area contributed by atoms with Crippen LogP contribution in [-0.2, 0) is 9.53 Å². The van der Waals surface area contributed by atoms with Crippen LogP contribution in [0, 0.1) is 11.8 Å². The van der Waals surface area contributed by atoms with E-state index in [1.165, 1.54) is 12.6 Å². The largest absolute Gasteiger partial charge is 0.378 e. The molecule has 0 aliphatic carbocycles. The number of morpholine rings is 1. The van der Waals surface area contributed by atoms with E-state index in [0.717, 1.165) is 31.9 Å². The topological polar surface area (TPSA) is 41.6 Å². The predicted molar refractivity (Wildman–Crippen MR) is 79.7 cm³/mol. The molecule has 20 heavy (non-hydrogen) atoms. The number of nitrogens with zero attached hydrogens (tertiary/aromatic N) is 1. The maximum atomic E-state index is 10.7. The van der Waals surface area contributed by atoms with E-state index in [2.05, 4.69) is 34.2 Å². The smallest absolute Gasteiger partial charge is 0.216 e. The quantitative estimate of drug-likeness (QED) is 0.668. The van der Waals surface area contributed by atoms with E-state index in [0.29, 0.717) is 13.0 Å². The fourth-order valence-electron chi connectivity index (χ4n) is 2.04. The summed E-state index contributed by atoms with van der Waals surface area (Å²) < 4.78 is 5.34. The van der Waals surface area contributed by atoms with Crippen molar-refractivity contribution < 1.29 is 9.53 Å². The van der Waals surface area contributed by atoms with Gasteiger partial charge >= 0.3 is 0 Å². The summed E-state index contributed by atoms with van der Waals surface area (Å²) >= 11 is 0. The third-order valence-corrected chi connectivity index (χ3v) is 3.10. The van der Waals surface area contributed by atoms with Gasteiger partial charge in [-0.1, -0.05) is 11.8 Å². The molecule has 0 aromatic heterocycles. The van der Waals surface area contributed by atoms with E-state index >= 15 is 0 Å². The Morgan fingerprint density at radius 2 is 2.00 bits per heavy atom. The second-order valence-corrected chi connectivity index (χ2v) is 4.68. The van der Waals surface area contributed by atoms with Crippen molar-refractivity contribution in [3.63, 3.8) is 0 Å². The number of nitrogens with one attached hydrogen (secondary N) is 1. The van der Waals surface area contributed by atoms with Crippen molar-refractivity contribution in [3.8, 4) is 11.8 Å². The van der Waals surface area contributed by atoms with Crippen LogP contribution in [0.3, 0.4) is 0 Å². The van der Waals surface area contributed by atoms with Gasteiger partial charge in [0.05, 0.1) is 13.2 Å². The lowest BCUT2D eigenvalue weighted by atomic mass is 10.2. The molecule has 1 aromatic rings. The van der Waals surface area contributed by atoms with Gasteiger partial charge in [0, 0.05) is 44.2 Å². The van der Waals surface area contributed by atoms with Gasteiger partial charge < -0.3 is 15.0 Å². The van der Waals surface area contributed by atoms with Crippen LogP contribution in [-0.4, -0.2) is 38.8 Å². The highest BCUT2D eigenvalue weighted by atomic mass is 16.5. The second-order valence-electron chi connectivity index (χ2n) is 4.68. The van der Waals surface area contributed by atoms with E-state index in [9.17, 15) is 4.79 Å². The molecule has 0 saturated carbocycles. The Hall–Kier alpha value is -1.99. The number of carbonyl (C=O) groups excluding carboxylic acids is 1. The Labute approximate surface area is 120 Å². The van der Waals surface area contributed by atoms with Crippen molar-refractivity contribution in [2.75, 3.05) is 37.7 Å². The summed E-state index contributed by atoms with van der Waals surface area (Å²) in [6.45, 7) is 5.60. The average molecular weight is 272 g/mol. The summed E-state index contributed by atoms with van der Waals surface area (Å²) in [5.74, 6) is 6.15. The van der Waals surface area contributed by atoms with Gasteiger partial charge in [0.15, 0.2) is 0 Å². The summed E-state index contributed by atoms with van der Waals surface area (Å²) in [6.07, 6.45) is 0.671. The number of anilines is 1. The van der Waals surface area contributed by atoms with Crippen LogP contribution in [0.15, 0.2) is 24.3 Å². The Kier molecular flexibility index (Phi) is 5.45. The standard InChI is InChI=1S/C16H20N2O2/c1-14(19)17-9-3-2-4-15-5-7-16(8-6-15)18-10-12-20-13-11-18/h5-8H,3,9-13H2,1H3,(H,17,19). The van der Waals surface area contributed by atoms with Gasteiger partial charge in [-0.2, -0.15) is 0 Å². The maximum absolute atomic E-state index is 10.7. The highest BCUT2D eigenvalue weighted by molar-refractivity contribution is 5.72. The molecule has 1 amide bonds. The van der Waals surface area contributed by atoms with Gasteiger partial charge in [-0.15, -0.1) is 0 Å². The maximum Gasteiger partial charge on any atom is 0.216 e. The van der Waals surface area contributed by atoms with Gasteiger partial charge in [0.1, 0.15) is 0 Å². The number of rotatable bonds is 3. The minimum atomic E-state index is -0.0123. The number of amides is 1. The molecule has 4 heteroatoms. The lowest BCUT2D eigenvalue weighted by Gasteiger charge is -2.28. The van der Waals surface area contributed by atoms with Gasteiger partial charge in [0.25, 0.3) is 0 Å². The van der Waals surface area contributed by atoms with Crippen LogP contribution in [0.25, 0.3) is 0 Å². The lowest BCUT2D eigenvalue weighted by molar-refractivity contribution is -0.118. The monoisotopic (exact) mass is 272 g/mol. The Balaban J connectivity index is 1.85. The van der Waals surface area contributed by atoms with Crippen LogP contribution in [0.5, 0.6) is 0 Å². The van der Waals surface area contributed by atoms with Crippen LogP contribution in [0.1, 0.15) is 18.9 Å². The number of hydrogen-bond acceptors (Lipinski definition) is 3. The van der Waals surface area contributed by atoms with Crippen molar-refractivity contribution in [2.24, 2.45) is 0 Å². The van der Waals surface area contributed by atoms with Crippen LogP contribution < -0.4 is 10.2 Å². The Morgan fingerprint density at radius 3 is 2.65 bits per heavy atom.